The van der Waals surface area contributed by atoms with Crippen molar-refractivity contribution in [2.75, 3.05) is 28.6 Å². The maximum absolute atomic E-state index is 11.7. The van der Waals surface area contributed by atoms with Gasteiger partial charge in [0, 0.05) is 18.4 Å². The highest BCUT2D eigenvalue weighted by molar-refractivity contribution is 8.08. The molecule has 10 heteroatoms. The molecule has 1 aromatic rings. The molecular formula is C9H12N2O6S2. The van der Waals surface area contributed by atoms with Gasteiger partial charge in [-0.25, -0.2) is 16.8 Å². The van der Waals surface area contributed by atoms with Crippen LogP contribution in [0.1, 0.15) is 0 Å². The Bertz CT molecular complexity index is 710. The molecule has 0 unspecified atom stereocenters. The highest BCUT2D eigenvalue weighted by Gasteiger charge is 2.22. The van der Waals surface area contributed by atoms with Gasteiger partial charge >= 0.3 is 0 Å². The molecule has 0 aromatic heterocycles. The van der Waals surface area contributed by atoms with Crippen molar-refractivity contribution < 1.29 is 26.3 Å². The minimum absolute atomic E-state index is 0.0221. The summed E-state index contributed by atoms with van der Waals surface area (Å²) in [5, 5.41) is -1.02. The quantitative estimate of drug-likeness (QED) is 0.734. The van der Waals surface area contributed by atoms with Gasteiger partial charge < -0.3 is 15.2 Å². The number of fused-ring (bicyclic) bond motifs is 1. The lowest BCUT2D eigenvalue weighted by atomic mass is 10.2. The van der Waals surface area contributed by atoms with Crippen molar-refractivity contribution in [2.45, 2.75) is 0 Å². The first-order valence-corrected chi connectivity index (χ1v) is 8.75. The van der Waals surface area contributed by atoms with Crippen LogP contribution >= 0.6 is 0 Å². The summed E-state index contributed by atoms with van der Waals surface area (Å²) in [6, 6.07) is 2.75. The zero-order chi connectivity index (χ0) is 14.3. The third-order valence-electron chi connectivity index (χ3n) is 2.18. The van der Waals surface area contributed by atoms with E-state index in [-0.39, 0.29) is 18.2 Å². The molecule has 0 spiro atoms. The van der Waals surface area contributed by atoms with Crippen molar-refractivity contribution >= 4 is 31.2 Å². The van der Waals surface area contributed by atoms with E-state index in [1.807, 2.05) is 0 Å². The van der Waals surface area contributed by atoms with E-state index in [1.54, 1.807) is 0 Å². The van der Waals surface area contributed by atoms with Crippen LogP contribution in [0.4, 0.5) is 11.4 Å². The zero-order valence-electron chi connectivity index (χ0n) is 9.91. The van der Waals surface area contributed by atoms with Gasteiger partial charge in [-0.15, -0.1) is 0 Å². The first-order valence-electron chi connectivity index (χ1n) is 5.04. The molecular weight excluding hydrogens is 296 g/mol. The maximum atomic E-state index is 11.7. The van der Waals surface area contributed by atoms with Gasteiger partial charge in [-0.3, -0.25) is 4.72 Å². The number of sulfone groups is 1. The molecule has 0 amide bonds. The van der Waals surface area contributed by atoms with Crippen LogP contribution in [-0.4, -0.2) is 35.0 Å². The Morgan fingerprint density at radius 3 is 2.37 bits per heavy atom. The number of rotatable bonds is 4. The Hall–Kier alpha value is -1.68. The molecule has 1 aliphatic rings. The average molecular weight is 308 g/mol. The van der Waals surface area contributed by atoms with E-state index in [0.717, 1.165) is 6.26 Å². The van der Waals surface area contributed by atoms with Crippen molar-refractivity contribution in [1.29, 1.82) is 0 Å². The number of ether oxygens (including phenoxy) is 2. The van der Waals surface area contributed by atoms with Crippen molar-refractivity contribution in [1.82, 2.24) is 0 Å². The topological polar surface area (TPSA) is 125 Å². The number of nitrogens with one attached hydrogen (secondary N) is 1. The standard InChI is InChI=1S/C9H12N2O6S2/c1-18(12,13)5-19(14,15)11-7-3-9-8(2-6(7)10)16-4-17-9/h2-3,11H,4-5,10H2,1H3. The first-order chi connectivity index (χ1) is 8.66. The van der Waals surface area contributed by atoms with Crippen molar-refractivity contribution in [2.24, 2.45) is 0 Å². The molecule has 19 heavy (non-hydrogen) atoms. The summed E-state index contributed by atoms with van der Waals surface area (Å²) in [7, 11) is -7.72. The summed E-state index contributed by atoms with van der Waals surface area (Å²) in [6.07, 6.45) is 0.829. The largest absolute Gasteiger partial charge is 0.454 e. The molecule has 2 rings (SSSR count). The van der Waals surface area contributed by atoms with Gasteiger partial charge in [-0.2, -0.15) is 0 Å². The molecule has 1 aromatic carbocycles. The second-order valence-electron chi connectivity index (χ2n) is 4.05. The number of nitrogens with two attached hydrogens (primary N) is 1. The third-order valence-corrected chi connectivity index (χ3v) is 5.66. The summed E-state index contributed by atoms with van der Waals surface area (Å²) in [6.45, 7) is 0.0221. The van der Waals surface area contributed by atoms with Gasteiger partial charge in [0.15, 0.2) is 26.4 Å². The van der Waals surface area contributed by atoms with Crippen molar-refractivity contribution in [3.05, 3.63) is 12.1 Å². The number of benzene rings is 1. The summed E-state index contributed by atoms with van der Waals surface area (Å²) in [4.78, 5) is 0. The third kappa shape index (κ3) is 3.41. The molecule has 0 atom stereocenters. The summed E-state index contributed by atoms with van der Waals surface area (Å²) >= 11 is 0. The van der Waals surface area contributed by atoms with Crippen LogP contribution in [0, 0.1) is 0 Å². The number of nitrogen functional groups attached to an aromatic ring is 1. The Balaban J connectivity index is 2.29. The molecule has 0 radical (unpaired) electrons. The first kappa shape index (κ1) is 13.7. The fourth-order valence-corrected chi connectivity index (χ4v) is 4.53. The van der Waals surface area contributed by atoms with E-state index in [4.69, 9.17) is 15.2 Å². The van der Waals surface area contributed by atoms with Crippen LogP contribution in [0.2, 0.25) is 0 Å². The molecule has 0 aliphatic carbocycles. The second kappa shape index (κ2) is 4.46. The van der Waals surface area contributed by atoms with E-state index in [9.17, 15) is 16.8 Å². The smallest absolute Gasteiger partial charge is 0.247 e. The summed E-state index contributed by atoms with van der Waals surface area (Å²) in [5.41, 5.74) is 5.81. The molecule has 0 saturated carbocycles. The molecule has 3 N–H and O–H groups in total. The van der Waals surface area contributed by atoms with E-state index >= 15 is 0 Å². The Labute approximate surface area is 110 Å². The van der Waals surface area contributed by atoms with E-state index in [0.29, 0.717) is 11.5 Å². The lowest BCUT2D eigenvalue weighted by Crippen LogP contribution is -2.22. The van der Waals surface area contributed by atoms with Crippen LogP contribution in [-0.2, 0) is 19.9 Å². The number of anilines is 2. The van der Waals surface area contributed by atoms with Crippen LogP contribution in [0.25, 0.3) is 0 Å². The van der Waals surface area contributed by atoms with Gasteiger partial charge in [-0.05, 0) is 0 Å². The van der Waals surface area contributed by atoms with E-state index in [2.05, 4.69) is 4.72 Å². The lowest BCUT2D eigenvalue weighted by Gasteiger charge is -2.10. The molecule has 0 fully saturated rings. The summed E-state index contributed by atoms with van der Waals surface area (Å²) in [5.74, 6) is 0.745. The van der Waals surface area contributed by atoms with Gasteiger partial charge in [0.2, 0.25) is 16.8 Å². The van der Waals surface area contributed by atoms with Crippen LogP contribution in [0.15, 0.2) is 12.1 Å². The fraction of sp³-hybridized carbons (Fsp3) is 0.333. The predicted molar refractivity (Wildman–Crippen MR) is 69.2 cm³/mol. The van der Waals surface area contributed by atoms with Gasteiger partial charge in [0.25, 0.3) is 0 Å². The normalized spacial score (nSPS) is 14.4. The minimum Gasteiger partial charge on any atom is -0.454 e. The van der Waals surface area contributed by atoms with Crippen LogP contribution in [0.5, 0.6) is 11.5 Å². The van der Waals surface area contributed by atoms with Gasteiger partial charge in [0.05, 0.1) is 11.4 Å². The molecule has 1 aliphatic heterocycles. The highest BCUT2D eigenvalue weighted by atomic mass is 32.3. The minimum atomic E-state index is -4.05. The van der Waals surface area contributed by atoms with Crippen molar-refractivity contribution in [3.63, 3.8) is 0 Å². The van der Waals surface area contributed by atoms with Crippen LogP contribution < -0.4 is 19.9 Å². The number of sulfonamides is 1. The Morgan fingerprint density at radius 2 is 1.79 bits per heavy atom. The number of hydrogen-bond acceptors (Lipinski definition) is 7. The lowest BCUT2D eigenvalue weighted by molar-refractivity contribution is 0.174. The van der Waals surface area contributed by atoms with Crippen LogP contribution in [0.3, 0.4) is 0 Å². The Morgan fingerprint density at radius 1 is 1.21 bits per heavy atom. The van der Waals surface area contributed by atoms with Gasteiger partial charge in [0.1, 0.15) is 0 Å². The monoisotopic (exact) mass is 308 g/mol. The van der Waals surface area contributed by atoms with Gasteiger partial charge in [-0.1, -0.05) is 0 Å². The molecule has 0 bridgehead atoms. The molecule has 8 nitrogen and oxygen atoms in total. The fourth-order valence-electron chi connectivity index (χ4n) is 1.52. The molecule has 0 saturated heterocycles. The summed E-state index contributed by atoms with van der Waals surface area (Å²) < 4.78 is 57.6. The molecule has 1 heterocycles. The highest BCUT2D eigenvalue weighted by Crippen LogP contribution is 2.38. The van der Waals surface area contributed by atoms with Crippen molar-refractivity contribution in [3.8, 4) is 11.5 Å². The Kier molecular flexibility index (Phi) is 3.22. The maximum Gasteiger partial charge on any atom is 0.247 e. The second-order valence-corrected chi connectivity index (χ2v) is 8.28. The average Bonchev–Trinajstić information content (AvgIpc) is 2.60. The number of hydrogen-bond donors (Lipinski definition) is 2. The zero-order valence-corrected chi connectivity index (χ0v) is 11.5. The molecule has 106 valence electrons. The SMILES string of the molecule is CS(=O)(=O)CS(=O)(=O)Nc1cc2c(cc1N)OCO2. The van der Waals surface area contributed by atoms with E-state index < -0.39 is 24.9 Å². The van der Waals surface area contributed by atoms with E-state index in [1.165, 1.54) is 12.1 Å². The predicted octanol–water partition coefficient (Wildman–Crippen LogP) is -0.259.